The zero-order chi connectivity index (χ0) is 17.4. The van der Waals surface area contributed by atoms with Crippen molar-refractivity contribution in [2.75, 3.05) is 42.5 Å². The molecule has 0 amide bonds. The van der Waals surface area contributed by atoms with Crippen LogP contribution in [0, 0.1) is 11.2 Å². The van der Waals surface area contributed by atoms with Gasteiger partial charge in [-0.15, -0.1) is 0 Å². The molecular formula is C17H24FN5O2. The molecule has 0 aliphatic carbocycles. The van der Waals surface area contributed by atoms with Crippen LogP contribution in [-0.2, 0) is 4.79 Å². The quantitative estimate of drug-likeness (QED) is 0.850. The van der Waals surface area contributed by atoms with Gasteiger partial charge in [-0.05, 0) is 37.5 Å². The Labute approximate surface area is 146 Å². The summed E-state index contributed by atoms with van der Waals surface area (Å²) >= 11 is 0. The Morgan fingerprint density at radius 1 is 1.24 bits per heavy atom. The van der Waals surface area contributed by atoms with Crippen molar-refractivity contribution in [2.45, 2.75) is 38.1 Å². The number of hydrogen-bond donors (Lipinski definition) is 2. The van der Waals surface area contributed by atoms with E-state index in [0.29, 0.717) is 18.2 Å². The second-order valence-corrected chi connectivity index (χ2v) is 7.50. The third-order valence-electron chi connectivity index (χ3n) is 5.88. The summed E-state index contributed by atoms with van der Waals surface area (Å²) in [5, 5.41) is 12.3. The summed E-state index contributed by atoms with van der Waals surface area (Å²) in [6.07, 6.45) is 5.91. The highest BCUT2D eigenvalue weighted by atomic mass is 19.1. The van der Waals surface area contributed by atoms with E-state index in [1.165, 1.54) is 6.20 Å². The van der Waals surface area contributed by atoms with Crippen molar-refractivity contribution in [3.63, 3.8) is 0 Å². The van der Waals surface area contributed by atoms with Crippen molar-refractivity contribution in [2.24, 2.45) is 5.41 Å². The molecule has 3 aliphatic heterocycles. The molecule has 136 valence electrons. The van der Waals surface area contributed by atoms with Gasteiger partial charge in [-0.3, -0.25) is 4.79 Å². The number of aliphatic carboxylic acids is 1. The number of nitrogens with zero attached hydrogens (tertiary/aromatic N) is 4. The molecule has 0 unspecified atom stereocenters. The second-order valence-electron chi connectivity index (χ2n) is 7.50. The molecule has 0 saturated carbocycles. The summed E-state index contributed by atoms with van der Waals surface area (Å²) in [5.41, 5.74) is 0.0529. The Morgan fingerprint density at radius 2 is 1.96 bits per heavy atom. The highest BCUT2D eigenvalue weighted by molar-refractivity contribution is 5.74. The number of piperidine rings is 1. The van der Waals surface area contributed by atoms with E-state index in [-0.39, 0.29) is 11.2 Å². The molecule has 0 bridgehead atoms. The first-order valence-corrected chi connectivity index (χ1v) is 9.05. The number of halogens is 1. The summed E-state index contributed by atoms with van der Waals surface area (Å²) < 4.78 is 14.1. The molecule has 3 aliphatic rings. The molecule has 25 heavy (non-hydrogen) atoms. The Hall–Kier alpha value is -1.96. The maximum absolute atomic E-state index is 14.1. The average Bonchev–Trinajstić information content (AvgIpc) is 3.27. The fourth-order valence-corrected chi connectivity index (χ4v) is 4.31. The van der Waals surface area contributed by atoms with E-state index in [0.717, 1.165) is 58.4 Å². The van der Waals surface area contributed by atoms with Crippen molar-refractivity contribution >= 4 is 17.7 Å². The fourth-order valence-electron chi connectivity index (χ4n) is 4.31. The van der Waals surface area contributed by atoms with Crippen LogP contribution in [0.2, 0.25) is 0 Å². The number of aromatic nitrogens is 2. The second kappa shape index (κ2) is 6.40. The van der Waals surface area contributed by atoms with Crippen LogP contribution in [0.4, 0.5) is 16.2 Å². The largest absolute Gasteiger partial charge is 0.480 e. The molecule has 2 N–H and O–H groups in total. The maximum atomic E-state index is 14.1. The van der Waals surface area contributed by atoms with Crippen LogP contribution in [0.3, 0.4) is 0 Å². The van der Waals surface area contributed by atoms with Crippen LogP contribution < -0.4 is 15.1 Å². The van der Waals surface area contributed by atoms with Crippen LogP contribution in [0.15, 0.2) is 6.20 Å². The van der Waals surface area contributed by atoms with E-state index < -0.39 is 12.0 Å². The zero-order valence-corrected chi connectivity index (χ0v) is 14.2. The topological polar surface area (TPSA) is 81.6 Å². The van der Waals surface area contributed by atoms with Crippen LogP contribution in [0.25, 0.3) is 0 Å². The number of rotatable bonds is 3. The van der Waals surface area contributed by atoms with Gasteiger partial charge in [-0.1, -0.05) is 0 Å². The normalized spacial score (nSPS) is 25.7. The Morgan fingerprint density at radius 3 is 2.60 bits per heavy atom. The third-order valence-corrected chi connectivity index (χ3v) is 5.88. The molecule has 4 rings (SSSR count). The molecule has 1 aromatic rings. The minimum absolute atomic E-state index is 0.0529. The highest BCUT2D eigenvalue weighted by Crippen LogP contribution is 2.40. The van der Waals surface area contributed by atoms with Crippen molar-refractivity contribution in [3.8, 4) is 0 Å². The fraction of sp³-hybridized carbons (Fsp3) is 0.706. The van der Waals surface area contributed by atoms with Gasteiger partial charge in [0.2, 0.25) is 5.95 Å². The average molecular weight is 349 g/mol. The Kier molecular flexibility index (Phi) is 4.23. The molecule has 8 heteroatoms. The lowest BCUT2D eigenvalue weighted by molar-refractivity contribution is -0.139. The predicted octanol–water partition coefficient (Wildman–Crippen LogP) is 1.25. The van der Waals surface area contributed by atoms with E-state index in [1.807, 2.05) is 4.90 Å². The van der Waals surface area contributed by atoms with E-state index in [1.54, 1.807) is 0 Å². The molecule has 0 aromatic carbocycles. The predicted molar refractivity (Wildman–Crippen MR) is 91.4 cm³/mol. The minimum Gasteiger partial charge on any atom is -0.480 e. The van der Waals surface area contributed by atoms with Crippen molar-refractivity contribution in [1.29, 1.82) is 0 Å². The number of nitrogens with one attached hydrogen (secondary N) is 1. The van der Waals surface area contributed by atoms with Gasteiger partial charge in [0, 0.05) is 32.7 Å². The van der Waals surface area contributed by atoms with E-state index in [2.05, 4.69) is 20.2 Å². The Balaban J connectivity index is 1.44. The number of hydrogen-bond acceptors (Lipinski definition) is 6. The molecule has 1 atom stereocenters. The smallest absolute Gasteiger partial charge is 0.320 e. The van der Waals surface area contributed by atoms with Gasteiger partial charge in [0.25, 0.3) is 0 Å². The van der Waals surface area contributed by atoms with Crippen LogP contribution in [0.5, 0.6) is 0 Å². The first kappa shape index (κ1) is 16.5. The van der Waals surface area contributed by atoms with Crippen molar-refractivity contribution in [3.05, 3.63) is 12.0 Å². The minimum atomic E-state index is -0.767. The third kappa shape index (κ3) is 3.15. The van der Waals surface area contributed by atoms with Crippen molar-refractivity contribution in [1.82, 2.24) is 15.3 Å². The van der Waals surface area contributed by atoms with Gasteiger partial charge >= 0.3 is 5.97 Å². The van der Waals surface area contributed by atoms with Crippen LogP contribution in [0.1, 0.15) is 32.1 Å². The van der Waals surface area contributed by atoms with Gasteiger partial charge in [0.15, 0.2) is 11.6 Å². The molecule has 3 fully saturated rings. The summed E-state index contributed by atoms with van der Waals surface area (Å²) in [6.45, 7) is 4.00. The highest BCUT2D eigenvalue weighted by Gasteiger charge is 2.43. The lowest BCUT2D eigenvalue weighted by atomic mass is 9.76. The number of carboxylic acids is 1. The van der Waals surface area contributed by atoms with Gasteiger partial charge < -0.3 is 20.2 Å². The number of anilines is 2. The molecule has 1 aromatic heterocycles. The van der Waals surface area contributed by atoms with Gasteiger partial charge in [-0.2, -0.15) is 4.98 Å². The molecule has 1 spiro atoms. The molecular weight excluding hydrogens is 325 g/mol. The summed E-state index contributed by atoms with van der Waals surface area (Å²) in [6, 6.07) is -0.435. The number of carboxylic acid groups (broad SMARTS) is 1. The Bertz CT molecular complexity index is 656. The summed E-state index contributed by atoms with van der Waals surface area (Å²) in [5.74, 6) is -0.130. The summed E-state index contributed by atoms with van der Waals surface area (Å²) in [7, 11) is 0. The summed E-state index contributed by atoms with van der Waals surface area (Å²) in [4.78, 5) is 23.9. The lowest BCUT2D eigenvalue weighted by Gasteiger charge is -2.39. The first-order valence-electron chi connectivity index (χ1n) is 9.05. The molecule has 0 radical (unpaired) electrons. The van der Waals surface area contributed by atoms with Crippen molar-refractivity contribution < 1.29 is 14.3 Å². The van der Waals surface area contributed by atoms with E-state index >= 15 is 0 Å². The first-order chi connectivity index (χ1) is 12.1. The lowest BCUT2D eigenvalue weighted by Crippen LogP contribution is -2.42. The monoisotopic (exact) mass is 349 g/mol. The van der Waals surface area contributed by atoms with E-state index in [9.17, 15) is 14.3 Å². The van der Waals surface area contributed by atoms with Crippen LogP contribution >= 0.6 is 0 Å². The molecule has 4 heterocycles. The standard InChI is InChI=1S/C17H24FN5O2/c18-12-10-19-16(21-14(12)22-5-1-2-6-22)23-7-3-17(4-8-23)9-13(15(24)25)20-11-17/h10,13,20H,1-9,11H2,(H,24,25)/t13-/m1/s1. The molecule has 3 saturated heterocycles. The number of carbonyl (C=O) groups is 1. The molecule has 7 nitrogen and oxygen atoms in total. The van der Waals surface area contributed by atoms with Crippen LogP contribution in [-0.4, -0.2) is 59.8 Å². The SMILES string of the molecule is O=C(O)[C@H]1CC2(CCN(c3ncc(F)c(N4CCCC4)n3)CC2)CN1. The van der Waals surface area contributed by atoms with Gasteiger partial charge in [-0.25, -0.2) is 9.37 Å². The van der Waals surface area contributed by atoms with Gasteiger partial charge in [0.05, 0.1) is 6.20 Å². The maximum Gasteiger partial charge on any atom is 0.320 e. The van der Waals surface area contributed by atoms with E-state index in [4.69, 9.17) is 0 Å². The zero-order valence-electron chi connectivity index (χ0n) is 14.2. The van der Waals surface area contributed by atoms with Gasteiger partial charge in [0.1, 0.15) is 6.04 Å².